The van der Waals surface area contributed by atoms with Crippen LogP contribution in [0.5, 0.6) is 0 Å². The molecule has 2 heteroatoms. The number of hydrogen-bond acceptors (Lipinski definition) is 2. The Bertz CT molecular complexity index is 142. The van der Waals surface area contributed by atoms with E-state index in [0.29, 0.717) is 24.4 Å². The summed E-state index contributed by atoms with van der Waals surface area (Å²) in [6.45, 7) is 7.05. The maximum absolute atomic E-state index is 10.9. The summed E-state index contributed by atoms with van der Waals surface area (Å²) in [4.78, 5) is 13.2. The average Bonchev–Trinajstić information content (AvgIpc) is 2.10. The van der Waals surface area contributed by atoms with E-state index >= 15 is 0 Å². The van der Waals surface area contributed by atoms with Crippen LogP contribution in [0.2, 0.25) is 0 Å². The van der Waals surface area contributed by atoms with Crippen molar-refractivity contribution in [3.8, 4) is 0 Å². The quantitative estimate of drug-likeness (QED) is 0.544. The van der Waals surface area contributed by atoms with Crippen molar-refractivity contribution in [1.82, 2.24) is 4.90 Å². The van der Waals surface area contributed by atoms with Crippen molar-refractivity contribution in [3.05, 3.63) is 0 Å². The van der Waals surface area contributed by atoms with Crippen LogP contribution in [0.1, 0.15) is 27.2 Å². The Morgan fingerprint density at radius 3 is 2.40 bits per heavy atom. The van der Waals surface area contributed by atoms with E-state index in [4.69, 9.17) is 0 Å². The van der Waals surface area contributed by atoms with Crippen molar-refractivity contribution in [1.29, 1.82) is 0 Å². The second-order valence-electron chi connectivity index (χ2n) is 3.36. The van der Waals surface area contributed by atoms with Gasteiger partial charge in [-0.3, -0.25) is 9.69 Å². The van der Waals surface area contributed by atoms with E-state index < -0.39 is 0 Å². The monoisotopic (exact) mass is 141 g/mol. The van der Waals surface area contributed by atoms with Crippen LogP contribution in [-0.2, 0) is 4.79 Å². The summed E-state index contributed by atoms with van der Waals surface area (Å²) in [7, 11) is 0. The Hall–Kier alpha value is -0.370. The van der Waals surface area contributed by atoms with Gasteiger partial charge in [-0.2, -0.15) is 0 Å². The normalized spacial score (nSPS) is 28.4. The lowest BCUT2D eigenvalue weighted by atomic mass is 10.2. The van der Waals surface area contributed by atoms with Gasteiger partial charge in [-0.05, 0) is 20.8 Å². The summed E-state index contributed by atoms with van der Waals surface area (Å²) in [5.74, 6) is 0.390. The Morgan fingerprint density at radius 1 is 1.60 bits per heavy atom. The van der Waals surface area contributed by atoms with Crippen LogP contribution in [0.25, 0.3) is 0 Å². The topological polar surface area (TPSA) is 20.3 Å². The summed E-state index contributed by atoms with van der Waals surface area (Å²) in [6.07, 6.45) is 0.748. The molecule has 0 aromatic carbocycles. The Morgan fingerprint density at radius 2 is 2.20 bits per heavy atom. The molecule has 0 aromatic rings. The highest BCUT2D eigenvalue weighted by Crippen LogP contribution is 2.15. The summed E-state index contributed by atoms with van der Waals surface area (Å²) in [6, 6.07) is 0.981. The fourth-order valence-electron chi connectivity index (χ4n) is 1.56. The second-order valence-corrected chi connectivity index (χ2v) is 3.36. The molecule has 0 spiro atoms. The van der Waals surface area contributed by atoms with Gasteiger partial charge in [0.05, 0.1) is 6.54 Å². The average molecular weight is 141 g/mol. The number of Topliss-reactive ketones (excluding diaryl/α,β-unsaturated/α-hetero) is 1. The Balaban J connectivity index is 2.54. The highest BCUT2D eigenvalue weighted by atomic mass is 16.1. The van der Waals surface area contributed by atoms with E-state index in [1.54, 1.807) is 0 Å². The molecule has 0 aliphatic carbocycles. The lowest BCUT2D eigenvalue weighted by Gasteiger charge is -2.23. The van der Waals surface area contributed by atoms with E-state index in [1.807, 2.05) is 0 Å². The number of likely N-dealkylation sites (tertiary alicyclic amines) is 1. The third kappa shape index (κ3) is 1.37. The molecule has 0 saturated carbocycles. The zero-order chi connectivity index (χ0) is 7.72. The largest absolute Gasteiger partial charge is 0.298 e. The first-order valence-corrected chi connectivity index (χ1v) is 3.88. The van der Waals surface area contributed by atoms with Crippen LogP contribution in [0.15, 0.2) is 0 Å². The van der Waals surface area contributed by atoms with Crippen LogP contribution in [0, 0.1) is 0 Å². The summed E-state index contributed by atoms with van der Waals surface area (Å²) >= 11 is 0. The highest BCUT2D eigenvalue weighted by molar-refractivity contribution is 5.83. The molecular formula is C8H15NO. The number of nitrogens with zero attached hydrogens (tertiary/aromatic N) is 1. The number of hydrogen-bond donors (Lipinski definition) is 0. The minimum absolute atomic E-state index is 0.390. The van der Waals surface area contributed by atoms with Crippen molar-refractivity contribution in [3.63, 3.8) is 0 Å². The molecule has 0 unspecified atom stereocenters. The fraction of sp³-hybridized carbons (Fsp3) is 0.875. The standard InChI is InChI=1S/C8H15NO/c1-6(2)9-5-8(10)4-7(9)3/h6-7H,4-5H2,1-3H3/t7-/m1/s1. The van der Waals surface area contributed by atoms with Crippen LogP contribution < -0.4 is 0 Å². The molecule has 58 valence electrons. The summed E-state index contributed by atoms with van der Waals surface area (Å²) in [5.41, 5.74) is 0. The molecular weight excluding hydrogens is 126 g/mol. The predicted molar refractivity (Wildman–Crippen MR) is 40.9 cm³/mol. The summed E-state index contributed by atoms with van der Waals surface area (Å²) < 4.78 is 0. The van der Waals surface area contributed by atoms with Crippen LogP contribution in [0.4, 0.5) is 0 Å². The van der Waals surface area contributed by atoms with E-state index in [2.05, 4.69) is 25.7 Å². The van der Waals surface area contributed by atoms with Gasteiger partial charge in [-0.1, -0.05) is 0 Å². The molecule has 1 saturated heterocycles. The van der Waals surface area contributed by atoms with Gasteiger partial charge < -0.3 is 0 Å². The van der Waals surface area contributed by atoms with Gasteiger partial charge in [-0.15, -0.1) is 0 Å². The first-order chi connectivity index (χ1) is 4.61. The lowest BCUT2D eigenvalue weighted by Crippen LogP contribution is -2.33. The molecule has 0 N–H and O–H groups in total. The van der Waals surface area contributed by atoms with Gasteiger partial charge in [0.25, 0.3) is 0 Å². The maximum Gasteiger partial charge on any atom is 0.148 e. The third-order valence-electron chi connectivity index (χ3n) is 2.11. The van der Waals surface area contributed by atoms with Gasteiger partial charge >= 0.3 is 0 Å². The number of carbonyl (C=O) groups is 1. The minimum atomic E-state index is 0.390. The molecule has 0 aromatic heterocycles. The lowest BCUT2D eigenvalue weighted by molar-refractivity contribution is -0.117. The molecule has 1 heterocycles. The molecule has 1 fully saturated rings. The zero-order valence-corrected chi connectivity index (χ0v) is 6.92. The zero-order valence-electron chi connectivity index (χ0n) is 6.92. The Labute approximate surface area is 62.2 Å². The first kappa shape index (κ1) is 7.73. The highest BCUT2D eigenvalue weighted by Gasteiger charge is 2.28. The van der Waals surface area contributed by atoms with Crippen LogP contribution >= 0.6 is 0 Å². The van der Waals surface area contributed by atoms with E-state index in [9.17, 15) is 4.79 Å². The third-order valence-corrected chi connectivity index (χ3v) is 2.11. The van der Waals surface area contributed by atoms with Crippen LogP contribution in [0.3, 0.4) is 0 Å². The minimum Gasteiger partial charge on any atom is -0.298 e. The molecule has 1 aliphatic rings. The smallest absolute Gasteiger partial charge is 0.148 e. The predicted octanol–water partition coefficient (Wildman–Crippen LogP) is 1.06. The molecule has 1 rings (SSSR count). The number of ketones is 1. The van der Waals surface area contributed by atoms with Crippen molar-refractivity contribution in [2.75, 3.05) is 6.54 Å². The van der Waals surface area contributed by atoms with Gasteiger partial charge in [0.1, 0.15) is 5.78 Å². The van der Waals surface area contributed by atoms with E-state index in [-0.39, 0.29) is 0 Å². The van der Waals surface area contributed by atoms with Gasteiger partial charge in [0.15, 0.2) is 0 Å². The molecule has 0 amide bonds. The molecule has 1 aliphatic heterocycles. The molecule has 0 bridgehead atoms. The molecule has 1 atom stereocenters. The summed E-state index contributed by atoms with van der Waals surface area (Å²) in [5, 5.41) is 0. The Kier molecular flexibility index (Phi) is 2.09. The number of carbonyl (C=O) groups excluding carboxylic acids is 1. The first-order valence-electron chi connectivity index (χ1n) is 3.88. The molecule has 10 heavy (non-hydrogen) atoms. The maximum atomic E-state index is 10.9. The van der Waals surface area contributed by atoms with Crippen molar-refractivity contribution < 1.29 is 4.79 Å². The van der Waals surface area contributed by atoms with Gasteiger partial charge in [0, 0.05) is 18.5 Å². The van der Waals surface area contributed by atoms with Crippen molar-refractivity contribution in [2.24, 2.45) is 0 Å². The second kappa shape index (κ2) is 2.70. The van der Waals surface area contributed by atoms with Gasteiger partial charge in [-0.25, -0.2) is 0 Å². The van der Waals surface area contributed by atoms with Gasteiger partial charge in [0.2, 0.25) is 0 Å². The van der Waals surface area contributed by atoms with Crippen molar-refractivity contribution in [2.45, 2.75) is 39.3 Å². The molecule has 2 nitrogen and oxygen atoms in total. The fourth-order valence-corrected chi connectivity index (χ4v) is 1.56. The van der Waals surface area contributed by atoms with Crippen molar-refractivity contribution >= 4 is 5.78 Å². The molecule has 0 radical (unpaired) electrons. The van der Waals surface area contributed by atoms with E-state index in [1.165, 1.54) is 0 Å². The van der Waals surface area contributed by atoms with E-state index in [0.717, 1.165) is 6.42 Å². The van der Waals surface area contributed by atoms with Crippen LogP contribution in [-0.4, -0.2) is 29.3 Å². The number of rotatable bonds is 1. The SMILES string of the molecule is CC(C)N1CC(=O)C[C@H]1C.